The van der Waals surface area contributed by atoms with Gasteiger partial charge in [0, 0.05) is 25.5 Å². The summed E-state index contributed by atoms with van der Waals surface area (Å²) in [5.41, 5.74) is 0. The van der Waals surface area contributed by atoms with Crippen molar-refractivity contribution in [2.75, 3.05) is 18.0 Å². The number of rotatable bonds is 2. The summed E-state index contributed by atoms with van der Waals surface area (Å²) in [6, 6.07) is 1.82. The summed E-state index contributed by atoms with van der Waals surface area (Å²) in [6.07, 6.45) is 4.51. The van der Waals surface area contributed by atoms with E-state index in [1.807, 2.05) is 13.0 Å². The summed E-state index contributed by atoms with van der Waals surface area (Å²) < 4.78 is 5.20. The van der Waals surface area contributed by atoms with Crippen LogP contribution in [0.1, 0.15) is 24.1 Å². The van der Waals surface area contributed by atoms with E-state index in [4.69, 9.17) is 4.52 Å². The molecule has 0 N–H and O–H groups in total. The lowest BCUT2D eigenvalue weighted by molar-refractivity contribution is 0.356. The lowest BCUT2D eigenvalue weighted by Gasteiger charge is -2.14. The van der Waals surface area contributed by atoms with Crippen LogP contribution in [0.3, 0.4) is 0 Å². The van der Waals surface area contributed by atoms with Gasteiger partial charge in [0.1, 0.15) is 0 Å². The quantitative estimate of drug-likeness (QED) is 0.772. The standard InChI is InChI=1S/C11H13N5O/c1-8-14-10(17-15-8)9-3-6-16(7-9)11-12-4-2-5-13-11/h2,4-5,9H,3,6-7H2,1H3. The molecule has 1 aliphatic heterocycles. The van der Waals surface area contributed by atoms with Crippen molar-refractivity contribution in [3.05, 3.63) is 30.2 Å². The molecule has 0 aromatic carbocycles. The number of hydrogen-bond donors (Lipinski definition) is 0. The fraction of sp³-hybridized carbons (Fsp3) is 0.455. The van der Waals surface area contributed by atoms with Gasteiger partial charge in [-0.3, -0.25) is 0 Å². The predicted molar refractivity (Wildman–Crippen MR) is 60.6 cm³/mol. The van der Waals surface area contributed by atoms with Crippen molar-refractivity contribution in [3.63, 3.8) is 0 Å². The van der Waals surface area contributed by atoms with Gasteiger partial charge in [0.15, 0.2) is 5.82 Å². The van der Waals surface area contributed by atoms with Crippen LogP contribution in [0.2, 0.25) is 0 Å². The van der Waals surface area contributed by atoms with Crippen LogP contribution in [-0.4, -0.2) is 33.2 Å². The third kappa shape index (κ3) is 1.98. The Morgan fingerprint density at radius 3 is 2.88 bits per heavy atom. The number of hydrogen-bond acceptors (Lipinski definition) is 6. The Morgan fingerprint density at radius 1 is 1.35 bits per heavy atom. The molecule has 88 valence electrons. The SMILES string of the molecule is Cc1noc(C2CCN(c3ncccn3)C2)n1. The smallest absolute Gasteiger partial charge is 0.231 e. The van der Waals surface area contributed by atoms with E-state index in [9.17, 15) is 0 Å². The molecule has 6 nitrogen and oxygen atoms in total. The van der Waals surface area contributed by atoms with E-state index in [-0.39, 0.29) is 0 Å². The van der Waals surface area contributed by atoms with E-state index in [1.165, 1.54) is 0 Å². The second-order valence-corrected chi connectivity index (χ2v) is 4.16. The number of aryl methyl sites for hydroxylation is 1. The number of nitrogens with zero attached hydrogens (tertiary/aromatic N) is 5. The molecule has 0 saturated carbocycles. The lowest BCUT2D eigenvalue weighted by Crippen LogP contribution is -2.21. The molecule has 6 heteroatoms. The highest BCUT2D eigenvalue weighted by Gasteiger charge is 2.29. The van der Waals surface area contributed by atoms with Gasteiger partial charge in [-0.1, -0.05) is 5.16 Å². The molecule has 1 fully saturated rings. The van der Waals surface area contributed by atoms with Crippen LogP contribution >= 0.6 is 0 Å². The first-order valence-electron chi connectivity index (χ1n) is 5.65. The summed E-state index contributed by atoms with van der Waals surface area (Å²) in [6.45, 7) is 3.60. The minimum absolute atomic E-state index is 0.292. The van der Waals surface area contributed by atoms with Gasteiger partial charge in [-0.15, -0.1) is 0 Å². The Balaban J connectivity index is 1.74. The molecule has 1 aliphatic rings. The largest absolute Gasteiger partial charge is 0.340 e. The molecule has 0 amide bonds. The maximum atomic E-state index is 5.20. The Morgan fingerprint density at radius 2 is 2.18 bits per heavy atom. The van der Waals surface area contributed by atoms with Crippen LogP contribution in [0.15, 0.2) is 23.0 Å². The molecule has 0 radical (unpaired) electrons. The Hall–Kier alpha value is -1.98. The van der Waals surface area contributed by atoms with Crippen LogP contribution in [0, 0.1) is 6.92 Å². The van der Waals surface area contributed by atoms with Crippen molar-refractivity contribution in [1.82, 2.24) is 20.1 Å². The van der Waals surface area contributed by atoms with Crippen molar-refractivity contribution >= 4 is 5.95 Å². The zero-order valence-corrected chi connectivity index (χ0v) is 9.58. The van der Waals surface area contributed by atoms with Gasteiger partial charge in [0.2, 0.25) is 11.8 Å². The highest BCUT2D eigenvalue weighted by molar-refractivity contribution is 5.31. The molecule has 1 unspecified atom stereocenters. The van der Waals surface area contributed by atoms with Crippen LogP contribution in [-0.2, 0) is 0 Å². The minimum atomic E-state index is 0.292. The predicted octanol–water partition coefficient (Wildman–Crippen LogP) is 1.16. The van der Waals surface area contributed by atoms with E-state index < -0.39 is 0 Å². The van der Waals surface area contributed by atoms with Gasteiger partial charge < -0.3 is 9.42 Å². The van der Waals surface area contributed by atoms with Crippen molar-refractivity contribution < 1.29 is 4.52 Å². The maximum absolute atomic E-state index is 5.20. The summed E-state index contributed by atoms with van der Waals surface area (Å²) in [5.74, 6) is 2.47. The average molecular weight is 231 g/mol. The summed E-state index contributed by atoms with van der Waals surface area (Å²) in [5, 5.41) is 3.82. The maximum Gasteiger partial charge on any atom is 0.231 e. The first-order valence-corrected chi connectivity index (χ1v) is 5.65. The fourth-order valence-corrected chi connectivity index (χ4v) is 2.08. The van der Waals surface area contributed by atoms with E-state index in [0.29, 0.717) is 11.7 Å². The van der Waals surface area contributed by atoms with Gasteiger partial charge in [-0.25, -0.2) is 9.97 Å². The van der Waals surface area contributed by atoms with Crippen LogP contribution < -0.4 is 4.90 Å². The van der Waals surface area contributed by atoms with Crippen molar-refractivity contribution in [2.24, 2.45) is 0 Å². The molecule has 3 rings (SSSR count). The van der Waals surface area contributed by atoms with E-state index in [2.05, 4.69) is 25.0 Å². The minimum Gasteiger partial charge on any atom is -0.340 e. The van der Waals surface area contributed by atoms with Crippen LogP contribution in [0.5, 0.6) is 0 Å². The van der Waals surface area contributed by atoms with Crippen molar-refractivity contribution in [3.8, 4) is 0 Å². The highest BCUT2D eigenvalue weighted by Crippen LogP contribution is 2.27. The number of anilines is 1. The lowest BCUT2D eigenvalue weighted by atomic mass is 10.1. The molecule has 2 aromatic heterocycles. The van der Waals surface area contributed by atoms with Crippen LogP contribution in [0.25, 0.3) is 0 Å². The van der Waals surface area contributed by atoms with Crippen LogP contribution in [0.4, 0.5) is 5.95 Å². The molecule has 2 aromatic rings. The fourth-order valence-electron chi connectivity index (χ4n) is 2.08. The topological polar surface area (TPSA) is 67.9 Å². The molecule has 1 saturated heterocycles. The molecule has 0 aliphatic carbocycles. The van der Waals surface area contributed by atoms with Gasteiger partial charge >= 0.3 is 0 Å². The first-order chi connectivity index (χ1) is 8.33. The second-order valence-electron chi connectivity index (χ2n) is 4.16. The zero-order valence-electron chi connectivity index (χ0n) is 9.58. The van der Waals surface area contributed by atoms with Gasteiger partial charge in [0.05, 0.1) is 5.92 Å². The average Bonchev–Trinajstić information content (AvgIpc) is 2.98. The van der Waals surface area contributed by atoms with E-state index in [1.54, 1.807) is 12.4 Å². The summed E-state index contributed by atoms with van der Waals surface area (Å²) in [7, 11) is 0. The molecular weight excluding hydrogens is 218 g/mol. The van der Waals surface area contributed by atoms with Crippen molar-refractivity contribution in [1.29, 1.82) is 0 Å². The monoisotopic (exact) mass is 231 g/mol. The van der Waals surface area contributed by atoms with E-state index >= 15 is 0 Å². The Labute approximate surface area is 98.7 Å². The highest BCUT2D eigenvalue weighted by atomic mass is 16.5. The molecule has 3 heterocycles. The first kappa shape index (κ1) is 10.2. The summed E-state index contributed by atoms with van der Waals surface area (Å²) in [4.78, 5) is 14.9. The van der Waals surface area contributed by atoms with Gasteiger partial charge in [0.25, 0.3) is 0 Å². The molecule has 1 atom stereocenters. The summed E-state index contributed by atoms with van der Waals surface area (Å²) >= 11 is 0. The van der Waals surface area contributed by atoms with Crippen molar-refractivity contribution in [2.45, 2.75) is 19.3 Å². The van der Waals surface area contributed by atoms with E-state index in [0.717, 1.165) is 31.3 Å². The second kappa shape index (κ2) is 4.12. The zero-order chi connectivity index (χ0) is 11.7. The Kier molecular flexibility index (Phi) is 2.47. The number of aromatic nitrogens is 4. The molecule has 0 bridgehead atoms. The molecule has 0 spiro atoms. The van der Waals surface area contributed by atoms with Gasteiger partial charge in [-0.05, 0) is 19.4 Å². The van der Waals surface area contributed by atoms with Gasteiger partial charge in [-0.2, -0.15) is 4.98 Å². The third-order valence-electron chi connectivity index (χ3n) is 2.92. The molecule has 17 heavy (non-hydrogen) atoms. The Bertz CT molecular complexity index is 498. The normalized spacial score (nSPS) is 19.8. The molecular formula is C11H13N5O. The third-order valence-corrected chi connectivity index (χ3v) is 2.92.